The largest absolute Gasteiger partial charge is 0.481 e. The molecule has 2 unspecified atom stereocenters. The number of aliphatic carboxylic acids is 1. The first-order valence-corrected chi connectivity index (χ1v) is 7.10. The van der Waals surface area contributed by atoms with Crippen LogP contribution in [0, 0.1) is 17.8 Å². The molecule has 1 heterocycles. The highest BCUT2D eigenvalue weighted by Crippen LogP contribution is 2.39. The van der Waals surface area contributed by atoms with Crippen LogP contribution < -0.4 is 0 Å². The summed E-state index contributed by atoms with van der Waals surface area (Å²) in [6, 6.07) is 0.640. The molecule has 0 aromatic rings. The number of likely N-dealkylation sites (N-methyl/N-ethyl adjacent to an activating group) is 1. The number of carboxylic acid groups (broad SMARTS) is 1. The van der Waals surface area contributed by atoms with Gasteiger partial charge in [-0.15, -0.1) is 0 Å². The molecule has 1 aliphatic carbocycles. The SMILES string of the molecule is CCN(C1CC(C(C)C)C1)C1COCC1C(=O)O. The summed E-state index contributed by atoms with van der Waals surface area (Å²) in [7, 11) is 0. The van der Waals surface area contributed by atoms with Crippen LogP contribution in [-0.2, 0) is 9.53 Å². The second-order valence-corrected chi connectivity index (χ2v) is 6.01. The normalized spacial score (nSPS) is 36.1. The van der Waals surface area contributed by atoms with Gasteiger partial charge in [-0.05, 0) is 31.2 Å². The molecule has 2 fully saturated rings. The predicted molar refractivity (Wildman–Crippen MR) is 69.5 cm³/mol. The van der Waals surface area contributed by atoms with Crippen LogP contribution >= 0.6 is 0 Å². The Morgan fingerprint density at radius 2 is 2.06 bits per heavy atom. The van der Waals surface area contributed by atoms with E-state index in [-0.39, 0.29) is 12.0 Å². The van der Waals surface area contributed by atoms with Gasteiger partial charge in [0, 0.05) is 12.1 Å². The van der Waals surface area contributed by atoms with Crippen molar-refractivity contribution in [2.24, 2.45) is 17.8 Å². The van der Waals surface area contributed by atoms with Gasteiger partial charge in [-0.2, -0.15) is 0 Å². The third-order valence-corrected chi connectivity index (χ3v) is 4.72. The molecule has 2 rings (SSSR count). The molecule has 4 heteroatoms. The van der Waals surface area contributed by atoms with Crippen LogP contribution in [-0.4, -0.2) is 47.8 Å². The summed E-state index contributed by atoms with van der Waals surface area (Å²) >= 11 is 0. The van der Waals surface area contributed by atoms with Crippen LogP contribution in [0.1, 0.15) is 33.6 Å². The number of nitrogens with zero attached hydrogens (tertiary/aromatic N) is 1. The van der Waals surface area contributed by atoms with Crippen molar-refractivity contribution in [3.8, 4) is 0 Å². The monoisotopic (exact) mass is 255 g/mol. The summed E-state index contributed by atoms with van der Waals surface area (Å²) in [6.45, 7) is 8.55. The maximum atomic E-state index is 11.2. The van der Waals surface area contributed by atoms with Crippen LogP contribution in [0.5, 0.6) is 0 Å². The van der Waals surface area contributed by atoms with Gasteiger partial charge in [-0.1, -0.05) is 20.8 Å². The van der Waals surface area contributed by atoms with Gasteiger partial charge in [0.2, 0.25) is 0 Å². The van der Waals surface area contributed by atoms with Crippen molar-refractivity contribution in [3.05, 3.63) is 0 Å². The average molecular weight is 255 g/mol. The summed E-state index contributed by atoms with van der Waals surface area (Å²) in [5, 5.41) is 9.23. The Balaban J connectivity index is 1.95. The molecular weight excluding hydrogens is 230 g/mol. The molecule has 0 amide bonds. The average Bonchev–Trinajstić information content (AvgIpc) is 2.70. The van der Waals surface area contributed by atoms with Gasteiger partial charge in [0.25, 0.3) is 0 Å². The standard InChI is InChI=1S/C14H25NO3/c1-4-15(11-5-10(6-11)9(2)3)13-8-18-7-12(13)14(16)17/h9-13H,4-8H2,1-3H3,(H,16,17). The molecule has 0 aromatic carbocycles. The van der Waals surface area contributed by atoms with Crippen molar-refractivity contribution >= 4 is 5.97 Å². The number of ether oxygens (including phenoxy) is 1. The molecule has 1 saturated carbocycles. The summed E-state index contributed by atoms with van der Waals surface area (Å²) in [4.78, 5) is 13.6. The minimum Gasteiger partial charge on any atom is -0.481 e. The van der Waals surface area contributed by atoms with E-state index < -0.39 is 5.97 Å². The molecule has 1 aliphatic heterocycles. The van der Waals surface area contributed by atoms with Crippen molar-refractivity contribution < 1.29 is 14.6 Å². The first-order chi connectivity index (χ1) is 8.54. The number of hydrogen-bond acceptors (Lipinski definition) is 3. The highest BCUT2D eigenvalue weighted by molar-refractivity contribution is 5.71. The molecule has 2 atom stereocenters. The molecule has 0 bridgehead atoms. The van der Waals surface area contributed by atoms with Crippen LogP contribution in [0.15, 0.2) is 0 Å². The van der Waals surface area contributed by atoms with Crippen LogP contribution in [0.2, 0.25) is 0 Å². The van der Waals surface area contributed by atoms with Crippen molar-refractivity contribution in [1.82, 2.24) is 4.90 Å². The number of carboxylic acids is 1. The Bertz CT molecular complexity index is 299. The Morgan fingerprint density at radius 3 is 2.56 bits per heavy atom. The smallest absolute Gasteiger partial charge is 0.310 e. The highest BCUT2D eigenvalue weighted by Gasteiger charge is 2.43. The maximum Gasteiger partial charge on any atom is 0.310 e. The Hall–Kier alpha value is -0.610. The van der Waals surface area contributed by atoms with Crippen molar-refractivity contribution in [3.63, 3.8) is 0 Å². The summed E-state index contributed by atoms with van der Waals surface area (Å²) in [5.74, 6) is 0.503. The lowest BCUT2D eigenvalue weighted by Crippen LogP contribution is -2.53. The van der Waals surface area contributed by atoms with Crippen molar-refractivity contribution in [2.75, 3.05) is 19.8 Å². The zero-order valence-corrected chi connectivity index (χ0v) is 11.6. The minimum absolute atomic E-state index is 0.0746. The zero-order valence-electron chi connectivity index (χ0n) is 11.6. The molecular formula is C14H25NO3. The Labute approximate surface area is 109 Å². The van der Waals surface area contributed by atoms with E-state index in [1.165, 1.54) is 12.8 Å². The van der Waals surface area contributed by atoms with E-state index in [0.717, 1.165) is 18.4 Å². The molecule has 1 N–H and O–H groups in total. The van der Waals surface area contributed by atoms with Crippen LogP contribution in [0.4, 0.5) is 0 Å². The lowest BCUT2D eigenvalue weighted by atomic mass is 9.72. The van der Waals surface area contributed by atoms with Crippen molar-refractivity contribution in [1.29, 1.82) is 0 Å². The zero-order chi connectivity index (χ0) is 13.3. The van der Waals surface area contributed by atoms with E-state index in [9.17, 15) is 9.90 Å². The van der Waals surface area contributed by atoms with E-state index in [0.29, 0.717) is 19.3 Å². The molecule has 4 nitrogen and oxygen atoms in total. The Kier molecular flexibility index (Phi) is 4.28. The molecule has 0 spiro atoms. The van der Waals surface area contributed by atoms with E-state index >= 15 is 0 Å². The number of hydrogen-bond donors (Lipinski definition) is 1. The fraction of sp³-hybridized carbons (Fsp3) is 0.929. The first kappa shape index (κ1) is 13.8. The van der Waals surface area contributed by atoms with E-state index in [2.05, 4.69) is 25.7 Å². The Morgan fingerprint density at radius 1 is 1.39 bits per heavy atom. The quantitative estimate of drug-likeness (QED) is 0.814. The van der Waals surface area contributed by atoms with E-state index in [4.69, 9.17) is 4.74 Å². The number of carbonyl (C=O) groups is 1. The molecule has 0 aromatic heterocycles. The molecule has 104 valence electrons. The lowest BCUT2D eigenvalue weighted by molar-refractivity contribution is -0.143. The van der Waals surface area contributed by atoms with Crippen LogP contribution in [0.25, 0.3) is 0 Å². The molecule has 1 saturated heterocycles. The molecule has 0 radical (unpaired) electrons. The molecule has 2 aliphatic rings. The van der Waals surface area contributed by atoms with Crippen LogP contribution in [0.3, 0.4) is 0 Å². The fourth-order valence-electron chi connectivity index (χ4n) is 3.31. The summed E-state index contributed by atoms with van der Waals surface area (Å²) < 4.78 is 5.38. The summed E-state index contributed by atoms with van der Waals surface area (Å²) in [6.07, 6.45) is 2.43. The van der Waals surface area contributed by atoms with Gasteiger partial charge in [-0.25, -0.2) is 0 Å². The van der Waals surface area contributed by atoms with Gasteiger partial charge in [0.05, 0.1) is 19.1 Å². The third kappa shape index (κ3) is 2.54. The van der Waals surface area contributed by atoms with Gasteiger partial charge >= 0.3 is 5.97 Å². The van der Waals surface area contributed by atoms with E-state index in [1.807, 2.05) is 0 Å². The second-order valence-electron chi connectivity index (χ2n) is 6.01. The van der Waals surface area contributed by atoms with Gasteiger partial charge < -0.3 is 9.84 Å². The highest BCUT2D eigenvalue weighted by atomic mass is 16.5. The first-order valence-electron chi connectivity index (χ1n) is 7.10. The number of rotatable bonds is 5. The van der Waals surface area contributed by atoms with Crippen molar-refractivity contribution in [2.45, 2.75) is 45.7 Å². The van der Waals surface area contributed by atoms with Gasteiger partial charge in [0.1, 0.15) is 0 Å². The maximum absolute atomic E-state index is 11.2. The summed E-state index contributed by atoms with van der Waals surface area (Å²) in [5.41, 5.74) is 0. The second kappa shape index (κ2) is 5.57. The fourth-order valence-corrected chi connectivity index (χ4v) is 3.31. The van der Waals surface area contributed by atoms with Gasteiger partial charge in [0.15, 0.2) is 0 Å². The minimum atomic E-state index is -0.712. The molecule has 18 heavy (non-hydrogen) atoms. The topological polar surface area (TPSA) is 49.8 Å². The lowest BCUT2D eigenvalue weighted by Gasteiger charge is -2.47. The van der Waals surface area contributed by atoms with E-state index in [1.54, 1.807) is 0 Å². The predicted octanol–water partition coefficient (Wildman–Crippen LogP) is 1.84. The third-order valence-electron chi connectivity index (χ3n) is 4.72. The van der Waals surface area contributed by atoms with Gasteiger partial charge in [-0.3, -0.25) is 9.69 Å².